The van der Waals surface area contributed by atoms with E-state index < -0.39 is 0 Å². The summed E-state index contributed by atoms with van der Waals surface area (Å²) in [7, 11) is 0. The number of nitrogens with zero attached hydrogens (tertiary/aromatic N) is 1. The predicted molar refractivity (Wildman–Crippen MR) is 108 cm³/mol. The van der Waals surface area contributed by atoms with Gasteiger partial charge < -0.3 is 4.98 Å². The number of halogens is 1. The predicted octanol–water partition coefficient (Wildman–Crippen LogP) is 5.03. The standard InChI is InChI=1S/C19H14BrN3OS/c20-15-9-7-14(8-10-15)16(11-6-13-4-2-1-3-5-13)21-17-12-18(24)23-19(25)22-17/h1-12H,(H2,22,23,24,25)/b11-6+,21-16+. The molecule has 3 aromatic rings. The van der Waals surface area contributed by atoms with Gasteiger partial charge in [0.25, 0.3) is 5.56 Å². The molecule has 6 heteroatoms. The molecule has 0 unspecified atom stereocenters. The normalized spacial score (nSPS) is 11.8. The monoisotopic (exact) mass is 411 g/mol. The molecule has 0 amide bonds. The molecule has 0 spiro atoms. The fourth-order valence-corrected chi connectivity index (χ4v) is 2.67. The van der Waals surface area contributed by atoms with E-state index in [-0.39, 0.29) is 10.3 Å². The largest absolute Gasteiger partial charge is 0.317 e. The minimum absolute atomic E-state index is 0.244. The van der Waals surface area contributed by atoms with Crippen LogP contribution in [0.2, 0.25) is 0 Å². The van der Waals surface area contributed by atoms with Gasteiger partial charge in [-0.05, 0) is 36.0 Å². The number of aliphatic imine (C=N–C) groups is 1. The molecule has 2 aromatic carbocycles. The first-order valence-corrected chi connectivity index (χ1v) is 8.72. The maximum Gasteiger partial charge on any atom is 0.253 e. The highest BCUT2D eigenvalue weighted by molar-refractivity contribution is 9.10. The van der Waals surface area contributed by atoms with Gasteiger partial charge >= 0.3 is 0 Å². The van der Waals surface area contributed by atoms with Crippen LogP contribution in [0.4, 0.5) is 5.82 Å². The average molecular weight is 412 g/mol. The molecule has 1 heterocycles. The van der Waals surface area contributed by atoms with Gasteiger partial charge in [0.2, 0.25) is 0 Å². The molecule has 0 saturated carbocycles. The summed E-state index contributed by atoms with van der Waals surface area (Å²) in [4.78, 5) is 21.6. The summed E-state index contributed by atoms with van der Waals surface area (Å²) in [5.74, 6) is 0.407. The minimum atomic E-state index is -0.287. The van der Waals surface area contributed by atoms with E-state index in [4.69, 9.17) is 12.2 Å². The maximum absolute atomic E-state index is 11.6. The van der Waals surface area contributed by atoms with Crippen LogP contribution in [0.15, 0.2) is 81.0 Å². The van der Waals surface area contributed by atoms with Crippen molar-refractivity contribution in [3.05, 3.63) is 97.5 Å². The Kier molecular flexibility index (Phi) is 5.53. The molecule has 0 aliphatic carbocycles. The van der Waals surface area contributed by atoms with Crippen molar-refractivity contribution in [2.45, 2.75) is 0 Å². The number of benzene rings is 2. The van der Waals surface area contributed by atoms with Crippen LogP contribution in [0, 0.1) is 4.77 Å². The Hall–Kier alpha value is -2.57. The third-order valence-electron chi connectivity index (χ3n) is 3.36. The molecule has 1 aromatic heterocycles. The van der Waals surface area contributed by atoms with Gasteiger partial charge in [-0.2, -0.15) is 0 Å². The van der Waals surface area contributed by atoms with Crippen molar-refractivity contribution in [1.29, 1.82) is 0 Å². The molecular weight excluding hydrogens is 398 g/mol. The third-order valence-corrected chi connectivity index (χ3v) is 4.09. The number of rotatable bonds is 4. The molecule has 25 heavy (non-hydrogen) atoms. The summed E-state index contributed by atoms with van der Waals surface area (Å²) in [6.07, 6.45) is 3.89. The fourth-order valence-electron chi connectivity index (χ4n) is 2.20. The Balaban J connectivity index is 2.06. The molecule has 4 nitrogen and oxygen atoms in total. The highest BCUT2D eigenvalue weighted by atomic mass is 79.9. The third kappa shape index (κ3) is 4.95. The van der Waals surface area contributed by atoms with Gasteiger partial charge in [0.15, 0.2) is 4.77 Å². The van der Waals surface area contributed by atoms with Gasteiger partial charge in [0, 0.05) is 16.1 Å². The van der Waals surface area contributed by atoms with E-state index in [1.54, 1.807) is 0 Å². The summed E-state index contributed by atoms with van der Waals surface area (Å²) in [5, 5.41) is 0. The van der Waals surface area contributed by atoms with Crippen molar-refractivity contribution < 1.29 is 0 Å². The van der Waals surface area contributed by atoms with Gasteiger partial charge in [-0.3, -0.25) is 9.78 Å². The van der Waals surface area contributed by atoms with Crippen LogP contribution in [0.25, 0.3) is 6.08 Å². The first-order valence-electron chi connectivity index (χ1n) is 7.51. The second-order valence-electron chi connectivity index (χ2n) is 5.22. The van der Waals surface area contributed by atoms with Gasteiger partial charge in [-0.25, -0.2) is 4.99 Å². The lowest BCUT2D eigenvalue weighted by Gasteiger charge is -2.03. The van der Waals surface area contributed by atoms with Crippen molar-refractivity contribution in [2.24, 2.45) is 4.99 Å². The summed E-state index contributed by atoms with van der Waals surface area (Å²) in [6, 6.07) is 19.1. The molecule has 0 saturated heterocycles. The first kappa shape index (κ1) is 17.3. The summed E-state index contributed by atoms with van der Waals surface area (Å²) >= 11 is 8.44. The summed E-state index contributed by atoms with van der Waals surface area (Å²) in [6.45, 7) is 0. The average Bonchev–Trinajstić information content (AvgIpc) is 2.59. The van der Waals surface area contributed by atoms with Crippen LogP contribution >= 0.6 is 28.1 Å². The number of aromatic nitrogens is 2. The van der Waals surface area contributed by atoms with Crippen LogP contribution in [-0.4, -0.2) is 15.7 Å². The zero-order chi connectivity index (χ0) is 17.6. The summed E-state index contributed by atoms with van der Waals surface area (Å²) in [5.41, 5.74) is 2.42. The lowest BCUT2D eigenvalue weighted by Crippen LogP contribution is -2.05. The molecule has 0 aliphatic heterocycles. The molecule has 3 rings (SSSR count). The molecule has 2 N–H and O–H groups in total. The van der Waals surface area contributed by atoms with Gasteiger partial charge in [-0.15, -0.1) is 0 Å². The molecule has 0 aliphatic rings. The Morgan fingerprint density at radius 1 is 1.04 bits per heavy atom. The molecule has 124 valence electrons. The Bertz CT molecular complexity index is 1010. The van der Waals surface area contributed by atoms with Crippen molar-refractivity contribution in [2.75, 3.05) is 0 Å². The SMILES string of the molecule is O=c1cc(/N=C(\C=C\c2ccccc2)c2ccc(Br)cc2)[nH]c(=S)[nH]1. The molecule has 0 radical (unpaired) electrons. The van der Waals surface area contributed by atoms with Gasteiger partial charge in [0.05, 0.1) is 5.71 Å². The minimum Gasteiger partial charge on any atom is -0.317 e. The Labute approximate surface area is 158 Å². The van der Waals surface area contributed by atoms with E-state index in [1.165, 1.54) is 6.07 Å². The number of aromatic amines is 2. The number of nitrogens with one attached hydrogen (secondary N) is 2. The number of allylic oxidation sites excluding steroid dienone is 1. The van der Waals surface area contributed by atoms with Crippen LogP contribution in [0.3, 0.4) is 0 Å². The maximum atomic E-state index is 11.6. The Morgan fingerprint density at radius 3 is 2.44 bits per heavy atom. The smallest absolute Gasteiger partial charge is 0.253 e. The van der Waals surface area contributed by atoms with E-state index in [0.29, 0.717) is 11.5 Å². The van der Waals surface area contributed by atoms with Crippen LogP contribution in [-0.2, 0) is 0 Å². The second kappa shape index (κ2) is 8.00. The van der Waals surface area contributed by atoms with Crippen LogP contribution < -0.4 is 5.56 Å². The first-order chi connectivity index (χ1) is 12.1. The lowest BCUT2D eigenvalue weighted by atomic mass is 10.1. The van der Waals surface area contributed by atoms with Crippen LogP contribution in [0.1, 0.15) is 11.1 Å². The lowest BCUT2D eigenvalue weighted by molar-refractivity contribution is 1.08. The second-order valence-corrected chi connectivity index (χ2v) is 6.54. The van der Waals surface area contributed by atoms with Crippen molar-refractivity contribution in [3.8, 4) is 0 Å². The zero-order valence-electron chi connectivity index (χ0n) is 13.1. The van der Waals surface area contributed by atoms with E-state index in [2.05, 4.69) is 30.9 Å². The van der Waals surface area contributed by atoms with E-state index in [0.717, 1.165) is 15.6 Å². The van der Waals surface area contributed by atoms with Gasteiger partial charge in [0.1, 0.15) is 5.82 Å². The number of H-pyrrole nitrogens is 2. The van der Waals surface area contributed by atoms with E-state index >= 15 is 0 Å². The van der Waals surface area contributed by atoms with Gasteiger partial charge in [-0.1, -0.05) is 64.5 Å². The van der Waals surface area contributed by atoms with Crippen molar-refractivity contribution in [1.82, 2.24) is 9.97 Å². The number of hydrogen-bond donors (Lipinski definition) is 2. The summed E-state index contributed by atoms with van der Waals surface area (Å²) < 4.78 is 1.23. The van der Waals surface area contributed by atoms with E-state index in [1.807, 2.05) is 66.7 Å². The van der Waals surface area contributed by atoms with E-state index in [9.17, 15) is 4.79 Å². The fraction of sp³-hybridized carbons (Fsp3) is 0. The van der Waals surface area contributed by atoms with Crippen molar-refractivity contribution >= 4 is 45.8 Å². The van der Waals surface area contributed by atoms with Crippen LogP contribution in [0.5, 0.6) is 0 Å². The quantitative estimate of drug-likeness (QED) is 0.467. The number of hydrogen-bond acceptors (Lipinski definition) is 3. The molecule has 0 bridgehead atoms. The molecule has 0 fully saturated rings. The van der Waals surface area contributed by atoms with Crippen molar-refractivity contribution in [3.63, 3.8) is 0 Å². The zero-order valence-corrected chi connectivity index (χ0v) is 15.5. The topological polar surface area (TPSA) is 61.0 Å². The highest BCUT2D eigenvalue weighted by Crippen LogP contribution is 2.15. The Morgan fingerprint density at radius 2 is 1.76 bits per heavy atom. The molecule has 0 atom stereocenters. The highest BCUT2D eigenvalue weighted by Gasteiger charge is 2.02. The molecular formula is C19H14BrN3OS.